The summed E-state index contributed by atoms with van der Waals surface area (Å²) in [5.74, 6) is 0. The third kappa shape index (κ3) is 1.54. The normalized spacial score (nSPS) is 11.5. The highest BCUT2D eigenvalue weighted by atomic mass is 16.2. The monoisotopic (exact) mass is 290 g/mol. The number of para-hydroxylation sites is 2. The molecule has 104 valence electrons. The summed E-state index contributed by atoms with van der Waals surface area (Å²) >= 11 is 0. The lowest BCUT2D eigenvalue weighted by Gasteiger charge is -2.02. The molecule has 0 saturated carbocycles. The van der Waals surface area contributed by atoms with E-state index in [1.807, 2.05) is 0 Å². The van der Waals surface area contributed by atoms with Crippen LogP contribution in [0, 0.1) is 0 Å². The zero-order valence-corrected chi connectivity index (χ0v) is 11.0. The molecule has 0 amide bonds. The fourth-order valence-corrected chi connectivity index (χ4v) is 2.50. The molecule has 0 aliphatic heterocycles. The Balaban J connectivity index is 2.32. The Morgan fingerprint density at radius 1 is 0.545 bits per heavy atom. The van der Waals surface area contributed by atoms with Crippen LogP contribution in [0.15, 0.2) is 55.6 Å². The summed E-state index contributed by atoms with van der Waals surface area (Å²) in [6.07, 6.45) is 0. The van der Waals surface area contributed by atoms with Crippen LogP contribution in [-0.4, -0.2) is 9.97 Å². The Bertz CT molecular complexity index is 1200. The van der Waals surface area contributed by atoms with E-state index in [2.05, 4.69) is 9.97 Å². The van der Waals surface area contributed by atoms with Gasteiger partial charge in [-0.2, -0.15) is 0 Å². The molecule has 3 aromatic carbocycles. The van der Waals surface area contributed by atoms with Crippen molar-refractivity contribution in [3.8, 4) is 0 Å². The molecular weight excluding hydrogens is 284 g/mol. The molecule has 6 nitrogen and oxygen atoms in total. The van der Waals surface area contributed by atoms with Crippen molar-refractivity contribution in [2.24, 2.45) is 0 Å². The molecular formula is C16H6N2O4. The first-order chi connectivity index (χ1) is 10.6. The van der Waals surface area contributed by atoms with Crippen molar-refractivity contribution in [3.63, 3.8) is 0 Å². The first-order valence-corrected chi connectivity index (χ1v) is 6.44. The molecule has 6 heteroatoms. The molecule has 1 heterocycles. The van der Waals surface area contributed by atoms with Crippen LogP contribution < -0.4 is 21.7 Å². The molecule has 22 heavy (non-hydrogen) atoms. The minimum absolute atomic E-state index is 0.0910. The van der Waals surface area contributed by atoms with Gasteiger partial charge in [-0.05, 0) is 24.3 Å². The van der Waals surface area contributed by atoms with Crippen molar-refractivity contribution in [2.75, 3.05) is 0 Å². The van der Waals surface area contributed by atoms with E-state index in [1.54, 1.807) is 24.3 Å². The maximum atomic E-state index is 11.9. The van der Waals surface area contributed by atoms with Crippen LogP contribution in [0.1, 0.15) is 0 Å². The Kier molecular flexibility index (Phi) is 2.33. The van der Waals surface area contributed by atoms with E-state index in [-0.39, 0.29) is 10.8 Å². The highest BCUT2D eigenvalue weighted by molar-refractivity contribution is 5.97. The minimum atomic E-state index is -1.30. The largest absolute Gasteiger partial charge is 0.285 e. The second-order valence-corrected chi connectivity index (χ2v) is 4.92. The average molecular weight is 290 g/mol. The van der Waals surface area contributed by atoms with Crippen LogP contribution in [0.3, 0.4) is 0 Å². The molecule has 0 aliphatic rings. The molecule has 0 saturated heterocycles. The first-order valence-electron chi connectivity index (χ1n) is 6.44. The first kappa shape index (κ1) is 12.5. The summed E-state index contributed by atoms with van der Waals surface area (Å²) in [6, 6.07) is 9.82. The molecule has 0 radical (unpaired) electrons. The summed E-state index contributed by atoms with van der Waals surface area (Å²) < 4.78 is 0. The number of hydrogen-bond donors (Lipinski definition) is 0. The maximum absolute atomic E-state index is 11.9. The molecule has 0 N–H and O–H groups in total. The molecule has 4 rings (SSSR count). The maximum Gasteiger partial charge on any atom is 0.277 e. The van der Waals surface area contributed by atoms with Gasteiger partial charge in [-0.1, -0.05) is 12.1 Å². The summed E-state index contributed by atoms with van der Waals surface area (Å²) in [5.41, 5.74) is -2.51. The standard InChI is InChI=1S/C16H6N2O4/c19-13-7-5-11-12(6-8(7)14(20)16(22)15(13)21)18-10-4-2-1-3-9(10)17-11/h1-6H. The van der Waals surface area contributed by atoms with Gasteiger partial charge in [0.2, 0.25) is 10.9 Å². The number of benzene rings is 3. The van der Waals surface area contributed by atoms with Crippen LogP contribution in [0.2, 0.25) is 0 Å². The Labute approximate surface area is 121 Å². The number of nitrogens with zero attached hydrogens (tertiary/aromatic N) is 2. The third-order valence-electron chi connectivity index (χ3n) is 3.59. The van der Waals surface area contributed by atoms with E-state index in [1.165, 1.54) is 12.1 Å². The van der Waals surface area contributed by atoms with Gasteiger partial charge in [-0.3, -0.25) is 19.2 Å². The lowest BCUT2D eigenvalue weighted by atomic mass is 10.1. The van der Waals surface area contributed by atoms with E-state index in [0.29, 0.717) is 22.1 Å². The van der Waals surface area contributed by atoms with Crippen LogP contribution >= 0.6 is 0 Å². The predicted octanol–water partition coefficient (Wildman–Crippen LogP) is 0.253. The third-order valence-corrected chi connectivity index (χ3v) is 3.59. The van der Waals surface area contributed by atoms with Gasteiger partial charge < -0.3 is 0 Å². The van der Waals surface area contributed by atoms with Gasteiger partial charge in [0.05, 0.1) is 22.1 Å². The van der Waals surface area contributed by atoms with Crippen LogP contribution in [0.4, 0.5) is 0 Å². The lowest BCUT2D eigenvalue weighted by molar-refractivity contribution is 1.37. The summed E-state index contributed by atoms with van der Waals surface area (Å²) in [4.78, 5) is 55.5. The Hall–Kier alpha value is -3.28. The van der Waals surface area contributed by atoms with Crippen LogP contribution in [0.5, 0.6) is 0 Å². The van der Waals surface area contributed by atoms with Crippen molar-refractivity contribution < 1.29 is 0 Å². The van der Waals surface area contributed by atoms with Crippen molar-refractivity contribution in [2.45, 2.75) is 0 Å². The predicted molar refractivity (Wildman–Crippen MR) is 82.0 cm³/mol. The zero-order valence-electron chi connectivity index (χ0n) is 11.0. The van der Waals surface area contributed by atoms with E-state index >= 15 is 0 Å². The summed E-state index contributed by atoms with van der Waals surface area (Å²) in [7, 11) is 0. The van der Waals surface area contributed by atoms with Crippen molar-refractivity contribution in [3.05, 3.63) is 77.3 Å². The topological polar surface area (TPSA) is 94.1 Å². The number of fused-ring (bicyclic) bond motifs is 3. The van der Waals surface area contributed by atoms with E-state index in [9.17, 15) is 19.2 Å². The van der Waals surface area contributed by atoms with Gasteiger partial charge in [0, 0.05) is 10.8 Å². The molecule has 0 bridgehead atoms. The van der Waals surface area contributed by atoms with Gasteiger partial charge in [-0.15, -0.1) is 0 Å². The lowest BCUT2D eigenvalue weighted by Crippen LogP contribution is -2.46. The smallest absolute Gasteiger partial charge is 0.277 e. The van der Waals surface area contributed by atoms with Crippen molar-refractivity contribution in [1.29, 1.82) is 0 Å². The van der Waals surface area contributed by atoms with E-state index in [0.717, 1.165) is 0 Å². The molecule has 0 aliphatic carbocycles. The highest BCUT2D eigenvalue weighted by Gasteiger charge is 2.14. The quantitative estimate of drug-likeness (QED) is 0.340. The SMILES string of the molecule is O=c1c(=O)c(=O)c2cc3nc4ccccc4nc3cc2c1=O. The van der Waals surface area contributed by atoms with E-state index < -0.39 is 21.7 Å². The number of aromatic nitrogens is 2. The number of rotatable bonds is 0. The van der Waals surface area contributed by atoms with Gasteiger partial charge >= 0.3 is 0 Å². The molecule has 0 atom stereocenters. The average Bonchev–Trinajstić information content (AvgIpc) is 2.55. The van der Waals surface area contributed by atoms with Crippen LogP contribution in [-0.2, 0) is 0 Å². The minimum Gasteiger partial charge on any atom is -0.285 e. The molecule has 0 fully saturated rings. The van der Waals surface area contributed by atoms with Crippen LogP contribution in [0.25, 0.3) is 32.8 Å². The van der Waals surface area contributed by atoms with Crippen molar-refractivity contribution in [1.82, 2.24) is 9.97 Å². The number of hydrogen-bond acceptors (Lipinski definition) is 6. The van der Waals surface area contributed by atoms with Gasteiger partial charge in [0.25, 0.3) is 10.9 Å². The molecule has 1 aromatic heterocycles. The van der Waals surface area contributed by atoms with Gasteiger partial charge in [0.15, 0.2) is 0 Å². The van der Waals surface area contributed by atoms with E-state index in [4.69, 9.17) is 0 Å². The molecule has 0 spiro atoms. The van der Waals surface area contributed by atoms with Crippen molar-refractivity contribution >= 4 is 32.8 Å². The fraction of sp³-hybridized carbons (Fsp3) is 0. The second-order valence-electron chi connectivity index (χ2n) is 4.92. The summed E-state index contributed by atoms with van der Waals surface area (Å²) in [5, 5.41) is -0.182. The highest BCUT2D eigenvalue weighted by Crippen LogP contribution is 2.18. The summed E-state index contributed by atoms with van der Waals surface area (Å²) in [6.45, 7) is 0. The van der Waals surface area contributed by atoms with Gasteiger partial charge in [0.1, 0.15) is 0 Å². The molecule has 4 aromatic rings. The molecule has 0 unspecified atom stereocenters. The second kappa shape index (κ2) is 4.11. The Morgan fingerprint density at radius 2 is 0.955 bits per heavy atom. The zero-order chi connectivity index (χ0) is 15.4. The fourth-order valence-electron chi connectivity index (χ4n) is 2.50. The van der Waals surface area contributed by atoms with Gasteiger partial charge in [-0.25, -0.2) is 9.97 Å². The Morgan fingerprint density at radius 3 is 1.36 bits per heavy atom.